The number of nitrogens with two attached hydrogens (primary N) is 1. The number of hydrogen-bond acceptors (Lipinski definition) is 2. The Kier molecular flexibility index (Phi) is 3.49. The first-order chi connectivity index (χ1) is 6.54. The molecular formula is C10H12ClNO2. The van der Waals surface area contributed by atoms with Gasteiger partial charge in [0.25, 0.3) is 0 Å². The molecule has 0 fully saturated rings. The summed E-state index contributed by atoms with van der Waals surface area (Å²) in [5, 5.41) is 9.29. The highest BCUT2D eigenvalue weighted by molar-refractivity contribution is 6.31. The van der Waals surface area contributed by atoms with Crippen molar-refractivity contribution in [2.75, 3.05) is 0 Å². The van der Waals surface area contributed by atoms with Gasteiger partial charge in [0.2, 0.25) is 0 Å². The molecular weight excluding hydrogens is 202 g/mol. The van der Waals surface area contributed by atoms with Crippen LogP contribution in [0, 0.1) is 0 Å². The van der Waals surface area contributed by atoms with Crippen LogP contribution in [0.3, 0.4) is 0 Å². The number of carbonyl (C=O) groups is 1. The minimum absolute atomic E-state index is 0.291. The van der Waals surface area contributed by atoms with Gasteiger partial charge in [0.1, 0.15) is 6.04 Å². The lowest BCUT2D eigenvalue weighted by atomic mass is 9.94. The van der Waals surface area contributed by atoms with Crippen molar-refractivity contribution in [3.63, 3.8) is 0 Å². The molecule has 0 saturated heterocycles. The molecule has 1 aromatic rings. The number of aliphatic carboxylic acids is 1. The maximum Gasteiger partial charge on any atom is 0.321 e. The van der Waals surface area contributed by atoms with Crippen molar-refractivity contribution in [1.82, 2.24) is 0 Å². The van der Waals surface area contributed by atoms with Gasteiger partial charge in [-0.15, -0.1) is 0 Å². The lowest BCUT2D eigenvalue weighted by Crippen LogP contribution is -2.35. The van der Waals surface area contributed by atoms with E-state index in [0.29, 0.717) is 5.02 Å². The summed E-state index contributed by atoms with van der Waals surface area (Å²) in [4.78, 5) is 10.7. The third-order valence-electron chi connectivity index (χ3n) is 2.22. The normalized spacial score (nSPS) is 14.8. The first-order valence-corrected chi connectivity index (χ1v) is 4.64. The largest absolute Gasteiger partial charge is 0.480 e. The van der Waals surface area contributed by atoms with Gasteiger partial charge in [0, 0.05) is 10.9 Å². The zero-order chi connectivity index (χ0) is 10.7. The molecule has 2 atom stereocenters. The van der Waals surface area contributed by atoms with Crippen LogP contribution < -0.4 is 5.73 Å². The van der Waals surface area contributed by atoms with E-state index >= 15 is 0 Å². The number of carboxylic acids is 1. The van der Waals surface area contributed by atoms with Gasteiger partial charge in [-0.3, -0.25) is 4.79 Å². The molecule has 76 valence electrons. The standard InChI is InChI=1S/C10H12ClNO2/c1-6(9(12)10(13)14)7-4-2-3-5-8(7)11/h2-6,9H,12H2,1H3,(H,13,14). The Hall–Kier alpha value is -1.06. The summed E-state index contributed by atoms with van der Waals surface area (Å²) in [5.41, 5.74) is 6.27. The summed E-state index contributed by atoms with van der Waals surface area (Å²) in [6, 6.07) is 6.20. The molecule has 0 radical (unpaired) electrons. The average Bonchev–Trinajstić information content (AvgIpc) is 2.16. The molecule has 0 aromatic heterocycles. The summed E-state index contributed by atoms with van der Waals surface area (Å²) >= 11 is 5.92. The predicted molar refractivity (Wildman–Crippen MR) is 55.5 cm³/mol. The maximum atomic E-state index is 10.7. The SMILES string of the molecule is CC(c1ccccc1Cl)C(N)C(=O)O. The average molecular weight is 214 g/mol. The van der Waals surface area contributed by atoms with Gasteiger partial charge in [-0.25, -0.2) is 0 Å². The second kappa shape index (κ2) is 4.44. The van der Waals surface area contributed by atoms with E-state index in [9.17, 15) is 4.79 Å². The molecule has 0 aliphatic carbocycles. The highest BCUT2D eigenvalue weighted by Crippen LogP contribution is 2.25. The van der Waals surface area contributed by atoms with Crippen molar-refractivity contribution < 1.29 is 9.90 Å². The number of rotatable bonds is 3. The van der Waals surface area contributed by atoms with Crippen molar-refractivity contribution in [2.45, 2.75) is 18.9 Å². The second-order valence-electron chi connectivity index (χ2n) is 3.17. The fraction of sp³-hybridized carbons (Fsp3) is 0.300. The Morgan fingerprint density at radius 1 is 1.50 bits per heavy atom. The van der Waals surface area contributed by atoms with E-state index in [4.69, 9.17) is 22.4 Å². The zero-order valence-electron chi connectivity index (χ0n) is 7.77. The highest BCUT2D eigenvalue weighted by Gasteiger charge is 2.22. The smallest absolute Gasteiger partial charge is 0.321 e. The van der Waals surface area contributed by atoms with E-state index in [0.717, 1.165) is 5.56 Å². The number of benzene rings is 1. The van der Waals surface area contributed by atoms with Crippen LogP contribution in [0.5, 0.6) is 0 Å². The summed E-state index contributed by atoms with van der Waals surface area (Å²) in [6.07, 6.45) is 0. The van der Waals surface area contributed by atoms with Crippen molar-refractivity contribution in [2.24, 2.45) is 5.73 Å². The molecule has 0 heterocycles. The van der Waals surface area contributed by atoms with Crippen LogP contribution in [0.15, 0.2) is 24.3 Å². The Morgan fingerprint density at radius 2 is 2.07 bits per heavy atom. The molecule has 0 saturated carbocycles. The van der Waals surface area contributed by atoms with Gasteiger partial charge in [0.15, 0.2) is 0 Å². The lowest BCUT2D eigenvalue weighted by Gasteiger charge is -2.17. The summed E-state index contributed by atoms with van der Waals surface area (Å²) in [5.74, 6) is -1.31. The van der Waals surface area contributed by atoms with E-state index in [2.05, 4.69) is 0 Å². The van der Waals surface area contributed by atoms with Crippen molar-refractivity contribution in [1.29, 1.82) is 0 Å². The van der Waals surface area contributed by atoms with Crippen LogP contribution >= 0.6 is 11.6 Å². The molecule has 14 heavy (non-hydrogen) atoms. The first kappa shape index (κ1) is 11.0. The Bertz CT molecular complexity index is 341. The third kappa shape index (κ3) is 2.25. The Labute approximate surface area is 87.5 Å². The van der Waals surface area contributed by atoms with Crippen LogP contribution in [0.4, 0.5) is 0 Å². The molecule has 1 rings (SSSR count). The van der Waals surface area contributed by atoms with E-state index < -0.39 is 12.0 Å². The van der Waals surface area contributed by atoms with Crippen LogP contribution in [0.2, 0.25) is 5.02 Å². The maximum absolute atomic E-state index is 10.7. The molecule has 0 amide bonds. The van der Waals surface area contributed by atoms with E-state index in [1.807, 2.05) is 6.07 Å². The molecule has 0 bridgehead atoms. The van der Waals surface area contributed by atoms with Gasteiger partial charge < -0.3 is 10.8 Å². The van der Waals surface area contributed by atoms with Crippen LogP contribution in [0.25, 0.3) is 0 Å². The van der Waals surface area contributed by atoms with E-state index in [1.54, 1.807) is 25.1 Å². The Morgan fingerprint density at radius 3 is 2.57 bits per heavy atom. The molecule has 0 aliphatic rings. The molecule has 1 aromatic carbocycles. The monoisotopic (exact) mass is 213 g/mol. The van der Waals surface area contributed by atoms with E-state index in [1.165, 1.54) is 0 Å². The summed E-state index contributed by atoms with van der Waals surface area (Å²) in [6.45, 7) is 1.75. The fourth-order valence-electron chi connectivity index (χ4n) is 1.25. The van der Waals surface area contributed by atoms with Crippen LogP contribution in [-0.4, -0.2) is 17.1 Å². The first-order valence-electron chi connectivity index (χ1n) is 4.27. The number of halogens is 1. The Balaban J connectivity index is 2.94. The molecule has 3 nitrogen and oxygen atoms in total. The van der Waals surface area contributed by atoms with Gasteiger partial charge in [-0.05, 0) is 11.6 Å². The molecule has 3 N–H and O–H groups in total. The van der Waals surface area contributed by atoms with E-state index in [-0.39, 0.29) is 5.92 Å². The van der Waals surface area contributed by atoms with Crippen LogP contribution in [0.1, 0.15) is 18.4 Å². The predicted octanol–water partition coefficient (Wildman–Crippen LogP) is 1.86. The van der Waals surface area contributed by atoms with Crippen molar-refractivity contribution in [3.8, 4) is 0 Å². The molecule has 4 heteroatoms. The van der Waals surface area contributed by atoms with Crippen LogP contribution in [-0.2, 0) is 4.79 Å². The van der Waals surface area contributed by atoms with Gasteiger partial charge in [-0.1, -0.05) is 36.7 Å². The number of hydrogen-bond donors (Lipinski definition) is 2. The van der Waals surface area contributed by atoms with Gasteiger partial charge >= 0.3 is 5.97 Å². The summed E-state index contributed by atoms with van der Waals surface area (Å²) in [7, 11) is 0. The highest BCUT2D eigenvalue weighted by atomic mass is 35.5. The second-order valence-corrected chi connectivity index (χ2v) is 3.58. The molecule has 2 unspecified atom stereocenters. The minimum Gasteiger partial charge on any atom is -0.480 e. The van der Waals surface area contributed by atoms with Crippen molar-refractivity contribution >= 4 is 17.6 Å². The molecule has 0 aliphatic heterocycles. The topological polar surface area (TPSA) is 63.3 Å². The summed E-state index contributed by atoms with van der Waals surface area (Å²) < 4.78 is 0. The number of carboxylic acid groups (broad SMARTS) is 1. The third-order valence-corrected chi connectivity index (χ3v) is 2.56. The molecule has 0 spiro atoms. The fourth-order valence-corrected chi connectivity index (χ4v) is 1.56. The lowest BCUT2D eigenvalue weighted by molar-refractivity contribution is -0.138. The van der Waals surface area contributed by atoms with Gasteiger partial charge in [0.05, 0.1) is 0 Å². The zero-order valence-corrected chi connectivity index (χ0v) is 8.53. The van der Waals surface area contributed by atoms with Gasteiger partial charge in [-0.2, -0.15) is 0 Å². The quantitative estimate of drug-likeness (QED) is 0.806. The van der Waals surface area contributed by atoms with Crippen molar-refractivity contribution in [3.05, 3.63) is 34.9 Å². The minimum atomic E-state index is -1.02.